The van der Waals surface area contributed by atoms with Gasteiger partial charge in [0.2, 0.25) is 0 Å². The van der Waals surface area contributed by atoms with Gasteiger partial charge in [-0.05, 0) is 32.0 Å². The summed E-state index contributed by atoms with van der Waals surface area (Å²) in [6.45, 7) is 3.84. The maximum absolute atomic E-state index is 12.4. The third-order valence-corrected chi connectivity index (χ3v) is 4.14. The lowest BCUT2D eigenvalue weighted by molar-refractivity contribution is -0.145. The van der Waals surface area contributed by atoms with Crippen molar-refractivity contribution in [3.63, 3.8) is 0 Å². The van der Waals surface area contributed by atoms with Gasteiger partial charge < -0.3 is 10.1 Å². The highest BCUT2D eigenvalue weighted by atomic mass is 79.9. The average molecular weight is 348 g/mol. The summed E-state index contributed by atoms with van der Waals surface area (Å²) in [5, 5.41) is 3.29. The molecule has 0 aliphatic carbocycles. The summed E-state index contributed by atoms with van der Waals surface area (Å²) in [6, 6.07) is 15.5. The van der Waals surface area contributed by atoms with Crippen LogP contribution >= 0.6 is 15.9 Å². The topological polar surface area (TPSA) is 38.3 Å². The number of aryl methyl sites for hydroxylation is 1. The van der Waals surface area contributed by atoms with Crippen LogP contribution in [-0.2, 0) is 15.1 Å². The Hall–Kier alpha value is -1.81. The Bertz CT molecular complexity index is 639. The molecule has 0 aliphatic heterocycles. The molecular weight excluding hydrogens is 330 g/mol. The first-order valence-electron chi connectivity index (χ1n) is 6.65. The summed E-state index contributed by atoms with van der Waals surface area (Å²) >= 11 is 3.51. The SMILES string of the molecule is COC(=O)C(C)(Nc1ccc(C)cc1)c1ccccc1Br. The number of anilines is 1. The van der Waals surface area contributed by atoms with E-state index in [1.165, 1.54) is 12.7 Å². The average Bonchev–Trinajstić information content (AvgIpc) is 2.49. The molecule has 21 heavy (non-hydrogen) atoms. The molecule has 2 rings (SSSR count). The van der Waals surface area contributed by atoms with Gasteiger partial charge in [-0.15, -0.1) is 0 Å². The number of ether oxygens (including phenoxy) is 1. The van der Waals surface area contributed by atoms with Gasteiger partial charge in [0.05, 0.1) is 7.11 Å². The largest absolute Gasteiger partial charge is 0.467 e. The number of esters is 1. The van der Waals surface area contributed by atoms with Crippen molar-refractivity contribution in [3.05, 3.63) is 64.1 Å². The highest BCUT2D eigenvalue weighted by Gasteiger charge is 2.37. The van der Waals surface area contributed by atoms with E-state index in [2.05, 4.69) is 21.2 Å². The lowest BCUT2D eigenvalue weighted by Gasteiger charge is -2.30. The minimum atomic E-state index is -0.968. The second-order valence-corrected chi connectivity index (χ2v) is 5.94. The monoisotopic (exact) mass is 347 g/mol. The summed E-state index contributed by atoms with van der Waals surface area (Å²) in [5.41, 5.74) is 1.90. The van der Waals surface area contributed by atoms with E-state index in [1.54, 1.807) is 0 Å². The Morgan fingerprint density at radius 2 is 1.76 bits per heavy atom. The van der Waals surface area contributed by atoms with Crippen LogP contribution in [0.3, 0.4) is 0 Å². The molecule has 1 unspecified atom stereocenters. The van der Waals surface area contributed by atoms with Crippen molar-refractivity contribution in [2.45, 2.75) is 19.4 Å². The Balaban J connectivity index is 2.45. The molecule has 0 saturated carbocycles. The van der Waals surface area contributed by atoms with E-state index in [4.69, 9.17) is 4.74 Å². The molecule has 2 aromatic rings. The molecule has 0 radical (unpaired) electrons. The van der Waals surface area contributed by atoms with Gasteiger partial charge in [0.1, 0.15) is 0 Å². The van der Waals surface area contributed by atoms with Crippen LogP contribution < -0.4 is 5.32 Å². The zero-order chi connectivity index (χ0) is 15.5. The first-order valence-corrected chi connectivity index (χ1v) is 7.45. The van der Waals surface area contributed by atoms with Crippen molar-refractivity contribution >= 4 is 27.6 Å². The van der Waals surface area contributed by atoms with E-state index in [0.717, 1.165) is 15.7 Å². The van der Waals surface area contributed by atoms with Crippen LogP contribution in [0, 0.1) is 6.92 Å². The fourth-order valence-corrected chi connectivity index (χ4v) is 2.91. The molecule has 0 bridgehead atoms. The van der Waals surface area contributed by atoms with Crippen molar-refractivity contribution < 1.29 is 9.53 Å². The number of rotatable bonds is 4. The number of hydrogen-bond donors (Lipinski definition) is 1. The Morgan fingerprint density at radius 3 is 2.33 bits per heavy atom. The smallest absolute Gasteiger partial charge is 0.335 e. The third kappa shape index (κ3) is 3.27. The number of hydrogen-bond acceptors (Lipinski definition) is 3. The molecule has 2 aromatic carbocycles. The molecule has 0 amide bonds. The Kier molecular flexibility index (Phi) is 4.68. The summed E-state index contributed by atoms with van der Waals surface area (Å²) in [5.74, 6) is -0.338. The molecule has 0 saturated heterocycles. The van der Waals surface area contributed by atoms with Crippen LogP contribution in [-0.4, -0.2) is 13.1 Å². The molecule has 1 atom stereocenters. The van der Waals surface area contributed by atoms with Gasteiger partial charge >= 0.3 is 5.97 Å². The maximum atomic E-state index is 12.4. The number of carbonyl (C=O) groups excluding carboxylic acids is 1. The second-order valence-electron chi connectivity index (χ2n) is 5.09. The van der Waals surface area contributed by atoms with Crippen LogP contribution in [0.2, 0.25) is 0 Å². The molecule has 1 N–H and O–H groups in total. The van der Waals surface area contributed by atoms with Gasteiger partial charge in [-0.25, -0.2) is 4.79 Å². The van der Waals surface area contributed by atoms with Gasteiger partial charge in [-0.3, -0.25) is 0 Å². The van der Waals surface area contributed by atoms with Gasteiger partial charge in [-0.1, -0.05) is 51.8 Å². The fourth-order valence-electron chi connectivity index (χ4n) is 2.22. The summed E-state index contributed by atoms with van der Waals surface area (Å²) in [7, 11) is 1.40. The van der Waals surface area contributed by atoms with Crippen molar-refractivity contribution in [3.8, 4) is 0 Å². The number of nitrogens with one attached hydrogen (secondary N) is 1. The molecular formula is C17H18BrNO2. The van der Waals surface area contributed by atoms with E-state index in [0.29, 0.717) is 0 Å². The van der Waals surface area contributed by atoms with Gasteiger partial charge in [0.15, 0.2) is 5.54 Å². The summed E-state index contributed by atoms with van der Waals surface area (Å²) in [4.78, 5) is 12.4. The van der Waals surface area contributed by atoms with Crippen LogP contribution in [0.5, 0.6) is 0 Å². The quantitative estimate of drug-likeness (QED) is 0.839. The zero-order valence-electron chi connectivity index (χ0n) is 12.3. The minimum Gasteiger partial charge on any atom is -0.467 e. The standard InChI is InChI=1S/C17H18BrNO2/c1-12-8-10-13(11-9-12)19-17(2,16(20)21-3)14-6-4-5-7-15(14)18/h4-11,19H,1-3H3. The van der Waals surface area contributed by atoms with E-state index in [9.17, 15) is 4.79 Å². The maximum Gasteiger partial charge on any atom is 0.335 e. The van der Waals surface area contributed by atoms with E-state index >= 15 is 0 Å². The highest BCUT2D eigenvalue weighted by molar-refractivity contribution is 9.10. The molecule has 3 nitrogen and oxygen atoms in total. The van der Waals surface area contributed by atoms with E-state index in [-0.39, 0.29) is 5.97 Å². The van der Waals surface area contributed by atoms with Crippen LogP contribution in [0.4, 0.5) is 5.69 Å². The lowest BCUT2D eigenvalue weighted by Crippen LogP contribution is -2.41. The Morgan fingerprint density at radius 1 is 1.14 bits per heavy atom. The first-order chi connectivity index (χ1) is 9.97. The molecule has 0 aromatic heterocycles. The van der Waals surface area contributed by atoms with Crippen LogP contribution in [0.15, 0.2) is 53.0 Å². The van der Waals surface area contributed by atoms with Gasteiger partial charge in [-0.2, -0.15) is 0 Å². The lowest BCUT2D eigenvalue weighted by atomic mass is 9.91. The van der Waals surface area contributed by atoms with Crippen molar-refractivity contribution in [2.75, 3.05) is 12.4 Å². The number of carbonyl (C=O) groups is 1. The molecule has 0 heterocycles. The van der Waals surface area contributed by atoms with Gasteiger partial charge in [0.25, 0.3) is 0 Å². The number of halogens is 1. The number of methoxy groups -OCH3 is 1. The predicted molar refractivity (Wildman–Crippen MR) is 88.3 cm³/mol. The normalized spacial score (nSPS) is 13.3. The van der Waals surface area contributed by atoms with Crippen LogP contribution in [0.25, 0.3) is 0 Å². The fraction of sp³-hybridized carbons (Fsp3) is 0.235. The number of benzene rings is 2. The Labute approximate surface area is 133 Å². The zero-order valence-corrected chi connectivity index (χ0v) is 13.9. The highest BCUT2D eigenvalue weighted by Crippen LogP contribution is 2.32. The van der Waals surface area contributed by atoms with E-state index in [1.807, 2.05) is 62.4 Å². The molecule has 4 heteroatoms. The van der Waals surface area contributed by atoms with Crippen molar-refractivity contribution in [1.82, 2.24) is 0 Å². The molecule has 0 fully saturated rings. The van der Waals surface area contributed by atoms with Crippen molar-refractivity contribution in [2.24, 2.45) is 0 Å². The molecule has 110 valence electrons. The van der Waals surface area contributed by atoms with Crippen molar-refractivity contribution in [1.29, 1.82) is 0 Å². The third-order valence-electron chi connectivity index (χ3n) is 3.45. The first kappa shape index (κ1) is 15.6. The summed E-state index contributed by atoms with van der Waals surface area (Å²) in [6.07, 6.45) is 0. The van der Waals surface area contributed by atoms with Gasteiger partial charge in [0, 0.05) is 15.7 Å². The minimum absolute atomic E-state index is 0.338. The predicted octanol–water partition coefficient (Wildman–Crippen LogP) is 4.26. The van der Waals surface area contributed by atoms with Crippen LogP contribution in [0.1, 0.15) is 18.1 Å². The summed E-state index contributed by atoms with van der Waals surface area (Å²) < 4.78 is 5.86. The molecule has 0 aliphatic rings. The van der Waals surface area contributed by atoms with E-state index < -0.39 is 5.54 Å². The molecule has 0 spiro atoms. The second kappa shape index (κ2) is 6.31.